The Morgan fingerprint density at radius 3 is 2.54 bits per heavy atom. The summed E-state index contributed by atoms with van der Waals surface area (Å²) in [5.41, 5.74) is 0. The van der Waals surface area contributed by atoms with Gasteiger partial charge in [0.25, 0.3) is 0 Å². The lowest BCUT2D eigenvalue weighted by atomic mass is 10.1. The van der Waals surface area contributed by atoms with Gasteiger partial charge in [-0.1, -0.05) is 0 Å². The summed E-state index contributed by atoms with van der Waals surface area (Å²) >= 11 is 0. The van der Waals surface area contributed by atoms with Crippen molar-refractivity contribution in [2.45, 2.75) is 19.3 Å². The van der Waals surface area contributed by atoms with Crippen molar-refractivity contribution in [3.8, 4) is 0 Å². The monoisotopic (exact) mass is 204 g/mol. The highest BCUT2D eigenvalue weighted by Crippen LogP contribution is 2.16. The van der Waals surface area contributed by atoms with E-state index in [2.05, 4.69) is 5.32 Å². The molecule has 3 nitrogen and oxygen atoms in total. The normalized spacial score (nSPS) is 27.4. The number of halogens is 1. The molecule has 1 unspecified atom stereocenters. The minimum Gasteiger partial charge on any atom is -0.342 e. The van der Waals surface area contributed by atoms with Crippen LogP contribution in [0.2, 0.25) is 0 Å². The summed E-state index contributed by atoms with van der Waals surface area (Å²) in [6.07, 6.45) is 3.44. The fourth-order valence-electron chi connectivity index (χ4n) is 2.06. The van der Waals surface area contributed by atoms with Crippen LogP contribution >= 0.6 is 12.4 Å². The average Bonchev–Trinajstić information content (AvgIpc) is 2.77. The van der Waals surface area contributed by atoms with Crippen LogP contribution in [0.5, 0.6) is 0 Å². The summed E-state index contributed by atoms with van der Waals surface area (Å²) in [5.74, 6) is 0.667. The number of nitrogens with one attached hydrogen (secondary N) is 1. The van der Waals surface area contributed by atoms with Gasteiger partial charge in [-0.05, 0) is 25.8 Å². The Balaban J connectivity index is 0.000000845. The molecule has 2 rings (SSSR count). The lowest BCUT2D eigenvalue weighted by Crippen LogP contribution is -2.34. The molecule has 1 amide bonds. The molecule has 0 aromatic heterocycles. The van der Waals surface area contributed by atoms with Crippen LogP contribution in [0.3, 0.4) is 0 Å². The number of amides is 1. The highest BCUT2D eigenvalue weighted by Gasteiger charge is 2.28. The number of rotatable bonds is 1. The fourth-order valence-corrected chi connectivity index (χ4v) is 2.06. The first kappa shape index (κ1) is 10.8. The number of carbonyl (C=O) groups excluding carboxylic acids is 1. The van der Waals surface area contributed by atoms with Gasteiger partial charge in [0.1, 0.15) is 0 Å². The quantitative estimate of drug-likeness (QED) is 0.680. The molecule has 0 radical (unpaired) electrons. The second-order valence-corrected chi connectivity index (χ2v) is 3.72. The first-order valence-electron chi connectivity index (χ1n) is 4.87. The Morgan fingerprint density at radius 1 is 1.31 bits per heavy atom. The van der Waals surface area contributed by atoms with E-state index in [9.17, 15) is 4.79 Å². The summed E-state index contributed by atoms with van der Waals surface area (Å²) in [6, 6.07) is 0. The predicted octanol–water partition coefficient (Wildman–Crippen LogP) is 0.640. The Bertz CT molecular complexity index is 156. The summed E-state index contributed by atoms with van der Waals surface area (Å²) in [4.78, 5) is 13.8. The Kier molecular flexibility index (Phi) is 4.00. The van der Waals surface area contributed by atoms with Gasteiger partial charge in [0.15, 0.2) is 0 Å². The molecule has 0 aliphatic carbocycles. The van der Waals surface area contributed by atoms with Crippen molar-refractivity contribution in [3.05, 3.63) is 0 Å². The fraction of sp³-hybridized carbons (Fsp3) is 0.889. The van der Waals surface area contributed by atoms with Crippen molar-refractivity contribution in [1.82, 2.24) is 10.2 Å². The zero-order valence-electron chi connectivity index (χ0n) is 7.79. The van der Waals surface area contributed by atoms with Gasteiger partial charge in [0.05, 0.1) is 5.92 Å². The van der Waals surface area contributed by atoms with Crippen LogP contribution in [-0.2, 0) is 4.79 Å². The molecule has 2 fully saturated rings. The maximum absolute atomic E-state index is 11.7. The van der Waals surface area contributed by atoms with Gasteiger partial charge in [0, 0.05) is 19.6 Å². The van der Waals surface area contributed by atoms with E-state index in [4.69, 9.17) is 0 Å². The van der Waals surface area contributed by atoms with Crippen molar-refractivity contribution in [3.63, 3.8) is 0 Å². The second-order valence-electron chi connectivity index (χ2n) is 3.72. The van der Waals surface area contributed by atoms with Crippen LogP contribution in [0.25, 0.3) is 0 Å². The third-order valence-corrected chi connectivity index (χ3v) is 2.83. The largest absolute Gasteiger partial charge is 0.342 e. The molecule has 4 heteroatoms. The molecule has 0 aromatic carbocycles. The predicted molar refractivity (Wildman–Crippen MR) is 54.0 cm³/mol. The molecular weight excluding hydrogens is 188 g/mol. The number of likely N-dealkylation sites (tertiary alicyclic amines) is 1. The van der Waals surface area contributed by atoms with Crippen LogP contribution in [-0.4, -0.2) is 37.0 Å². The minimum absolute atomic E-state index is 0. The van der Waals surface area contributed by atoms with Crippen molar-refractivity contribution >= 4 is 18.3 Å². The van der Waals surface area contributed by atoms with E-state index in [1.54, 1.807) is 0 Å². The molecule has 1 atom stereocenters. The van der Waals surface area contributed by atoms with Crippen LogP contribution < -0.4 is 5.32 Å². The third kappa shape index (κ3) is 2.35. The van der Waals surface area contributed by atoms with E-state index in [1.807, 2.05) is 4.90 Å². The highest BCUT2D eigenvalue weighted by molar-refractivity contribution is 5.85. The molecule has 2 aliphatic heterocycles. The number of nitrogens with zero attached hydrogens (tertiary/aromatic N) is 1. The number of carbonyl (C=O) groups is 1. The van der Waals surface area contributed by atoms with Gasteiger partial charge >= 0.3 is 0 Å². The molecule has 76 valence electrons. The third-order valence-electron chi connectivity index (χ3n) is 2.83. The van der Waals surface area contributed by atoms with E-state index in [0.29, 0.717) is 5.91 Å². The molecule has 2 saturated heterocycles. The van der Waals surface area contributed by atoms with Crippen molar-refractivity contribution in [1.29, 1.82) is 0 Å². The number of hydrogen-bond acceptors (Lipinski definition) is 2. The zero-order chi connectivity index (χ0) is 8.39. The average molecular weight is 205 g/mol. The van der Waals surface area contributed by atoms with Crippen LogP contribution in [0.15, 0.2) is 0 Å². The first-order chi connectivity index (χ1) is 5.88. The summed E-state index contributed by atoms with van der Waals surface area (Å²) < 4.78 is 0. The standard InChI is InChI=1S/C9H16N2O.ClH/c12-9(8-3-4-10-7-8)11-5-1-2-6-11;/h8,10H,1-7H2;1H. The van der Waals surface area contributed by atoms with E-state index >= 15 is 0 Å². The lowest BCUT2D eigenvalue weighted by molar-refractivity contribution is -0.133. The molecule has 0 bridgehead atoms. The molecule has 2 aliphatic rings. The topological polar surface area (TPSA) is 32.3 Å². The smallest absolute Gasteiger partial charge is 0.227 e. The summed E-state index contributed by atoms with van der Waals surface area (Å²) in [7, 11) is 0. The lowest BCUT2D eigenvalue weighted by Gasteiger charge is -2.18. The Hall–Kier alpha value is -0.280. The number of hydrogen-bond donors (Lipinski definition) is 1. The maximum atomic E-state index is 11.7. The summed E-state index contributed by atoms with van der Waals surface area (Å²) in [5, 5.41) is 3.23. The Labute approximate surface area is 85.3 Å². The zero-order valence-corrected chi connectivity index (χ0v) is 8.61. The molecule has 2 heterocycles. The maximum Gasteiger partial charge on any atom is 0.227 e. The van der Waals surface area contributed by atoms with Crippen molar-refractivity contribution in [2.75, 3.05) is 26.2 Å². The van der Waals surface area contributed by atoms with E-state index in [0.717, 1.165) is 32.6 Å². The van der Waals surface area contributed by atoms with E-state index < -0.39 is 0 Å². The van der Waals surface area contributed by atoms with Crippen LogP contribution in [0.1, 0.15) is 19.3 Å². The van der Waals surface area contributed by atoms with Crippen molar-refractivity contribution < 1.29 is 4.79 Å². The first-order valence-corrected chi connectivity index (χ1v) is 4.87. The highest BCUT2D eigenvalue weighted by atomic mass is 35.5. The minimum atomic E-state index is 0. The van der Waals surface area contributed by atoms with E-state index in [1.165, 1.54) is 12.8 Å². The molecule has 0 aromatic rings. The molecule has 13 heavy (non-hydrogen) atoms. The van der Waals surface area contributed by atoms with Gasteiger partial charge in [-0.15, -0.1) is 12.4 Å². The molecule has 1 N–H and O–H groups in total. The summed E-state index contributed by atoms with van der Waals surface area (Å²) in [6.45, 7) is 3.91. The second kappa shape index (κ2) is 4.82. The van der Waals surface area contributed by atoms with Gasteiger partial charge < -0.3 is 10.2 Å². The van der Waals surface area contributed by atoms with E-state index in [-0.39, 0.29) is 18.3 Å². The van der Waals surface area contributed by atoms with Gasteiger partial charge in [0.2, 0.25) is 5.91 Å². The molecule has 0 spiro atoms. The van der Waals surface area contributed by atoms with Crippen LogP contribution in [0, 0.1) is 5.92 Å². The van der Waals surface area contributed by atoms with Gasteiger partial charge in [-0.25, -0.2) is 0 Å². The molecular formula is C9H17ClN2O. The molecule has 0 saturated carbocycles. The van der Waals surface area contributed by atoms with Crippen LogP contribution in [0.4, 0.5) is 0 Å². The van der Waals surface area contributed by atoms with Gasteiger partial charge in [-0.2, -0.15) is 0 Å². The van der Waals surface area contributed by atoms with Crippen molar-refractivity contribution in [2.24, 2.45) is 5.92 Å². The SMILES string of the molecule is Cl.O=C(C1CCNC1)N1CCCC1. The Morgan fingerprint density at radius 2 is 2.00 bits per heavy atom. The van der Waals surface area contributed by atoms with Gasteiger partial charge in [-0.3, -0.25) is 4.79 Å².